The number of halogens is 2. The Kier molecular flexibility index (Phi) is 12.8. The molecule has 2 heteroatoms. The molecule has 244 valence electrons. The van der Waals surface area contributed by atoms with E-state index in [0.717, 1.165) is 28.2 Å². The molecular weight excluding hydrogens is 688 g/mol. The van der Waals surface area contributed by atoms with E-state index in [2.05, 4.69) is 132 Å². The molecule has 0 aliphatic heterocycles. The zero-order chi connectivity index (χ0) is 32.5. The maximum atomic E-state index is 3.92. The van der Waals surface area contributed by atoms with Crippen LogP contribution in [0.25, 0.3) is 11.1 Å². The number of benzene rings is 4. The first-order valence-corrected chi connectivity index (χ1v) is 19.8. The van der Waals surface area contributed by atoms with Gasteiger partial charge >= 0.3 is 0 Å². The minimum absolute atomic E-state index is 0.389. The van der Waals surface area contributed by atoms with E-state index in [1.807, 2.05) is 0 Å². The van der Waals surface area contributed by atoms with Gasteiger partial charge in [0.1, 0.15) is 0 Å². The highest BCUT2D eigenvalue weighted by atomic mass is 79.9. The highest BCUT2D eigenvalue weighted by Crippen LogP contribution is 2.57. The second-order valence-corrected chi connectivity index (χ2v) is 15.6. The SMILES string of the molecule is CCCCCCc1cc(C)cc(C2(c3cc(CCCCCC)cc(CCCCCC)c3)c3cc(Br)ccc3-c3ccc(Br)cc32)c1. The molecule has 0 saturated heterocycles. The van der Waals surface area contributed by atoms with Crippen molar-refractivity contribution in [2.45, 2.75) is 129 Å². The van der Waals surface area contributed by atoms with Crippen LogP contribution in [-0.2, 0) is 24.7 Å². The van der Waals surface area contributed by atoms with Crippen molar-refractivity contribution in [3.05, 3.63) is 126 Å². The van der Waals surface area contributed by atoms with E-state index in [1.54, 1.807) is 0 Å². The molecule has 0 atom stereocenters. The summed E-state index contributed by atoms with van der Waals surface area (Å²) in [5.41, 5.74) is 13.8. The van der Waals surface area contributed by atoms with Gasteiger partial charge in [-0.1, -0.05) is 165 Å². The Bertz CT molecular complexity index is 1510. The average Bonchev–Trinajstić information content (AvgIpc) is 3.32. The first-order chi connectivity index (χ1) is 22.4. The van der Waals surface area contributed by atoms with Crippen LogP contribution in [0.4, 0.5) is 0 Å². The lowest BCUT2D eigenvalue weighted by Crippen LogP contribution is -2.29. The predicted molar refractivity (Wildman–Crippen MR) is 207 cm³/mol. The Balaban J connectivity index is 1.76. The molecular formula is C44H54Br2. The van der Waals surface area contributed by atoms with Gasteiger partial charge in [-0.05, 0) is 120 Å². The summed E-state index contributed by atoms with van der Waals surface area (Å²) in [6.45, 7) is 9.22. The second-order valence-electron chi connectivity index (χ2n) is 13.8. The van der Waals surface area contributed by atoms with E-state index < -0.39 is 0 Å². The topological polar surface area (TPSA) is 0 Å². The summed E-state index contributed by atoms with van der Waals surface area (Å²) in [4.78, 5) is 0. The fraction of sp³-hybridized carbons (Fsp3) is 0.455. The lowest BCUT2D eigenvalue weighted by Gasteiger charge is -2.35. The summed E-state index contributed by atoms with van der Waals surface area (Å²) in [5.74, 6) is 0. The quantitative estimate of drug-likeness (QED) is 0.0833. The summed E-state index contributed by atoms with van der Waals surface area (Å²) in [7, 11) is 0. The van der Waals surface area contributed by atoms with Gasteiger partial charge in [0.05, 0.1) is 5.41 Å². The number of hydrogen-bond acceptors (Lipinski definition) is 0. The van der Waals surface area contributed by atoms with Crippen LogP contribution in [0.3, 0.4) is 0 Å². The molecule has 0 saturated carbocycles. The molecule has 0 N–H and O–H groups in total. The van der Waals surface area contributed by atoms with Crippen molar-refractivity contribution in [3.63, 3.8) is 0 Å². The first-order valence-electron chi connectivity index (χ1n) is 18.3. The largest absolute Gasteiger partial charge is 0.0714 e. The Labute approximate surface area is 297 Å². The summed E-state index contributed by atoms with van der Waals surface area (Å²) in [6, 6.07) is 29.2. The Morgan fingerprint density at radius 2 is 0.870 bits per heavy atom. The van der Waals surface area contributed by atoms with E-state index >= 15 is 0 Å². The van der Waals surface area contributed by atoms with Gasteiger partial charge in [-0.25, -0.2) is 0 Å². The number of rotatable bonds is 17. The smallest absolute Gasteiger partial charge is 0.0654 e. The molecule has 46 heavy (non-hydrogen) atoms. The Morgan fingerprint density at radius 1 is 0.457 bits per heavy atom. The molecule has 0 aromatic heterocycles. The highest BCUT2D eigenvalue weighted by molar-refractivity contribution is 9.10. The van der Waals surface area contributed by atoms with E-state index in [-0.39, 0.29) is 5.41 Å². The van der Waals surface area contributed by atoms with Crippen LogP contribution in [-0.4, -0.2) is 0 Å². The van der Waals surface area contributed by atoms with Crippen molar-refractivity contribution in [1.29, 1.82) is 0 Å². The van der Waals surface area contributed by atoms with Crippen LogP contribution in [0, 0.1) is 6.92 Å². The van der Waals surface area contributed by atoms with E-state index in [4.69, 9.17) is 0 Å². The van der Waals surface area contributed by atoms with E-state index in [1.165, 1.54) is 133 Å². The molecule has 0 radical (unpaired) electrons. The van der Waals surface area contributed by atoms with Gasteiger partial charge in [-0.3, -0.25) is 0 Å². The van der Waals surface area contributed by atoms with Gasteiger partial charge in [0.2, 0.25) is 0 Å². The van der Waals surface area contributed by atoms with Gasteiger partial charge in [0.15, 0.2) is 0 Å². The molecule has 0 spiro atoms. The normalized spacial score (nSPS) is 13.2. The summed E-state index contributed by atoms with van der Waals surface area (Å²) < 4.78 is 2.29. The molecule has 4 aromatic carbocycles. The maximum Gasteiger partial charge on any atom is 0.0714 e. The van der Waals surface area contributed by atoms with E-state index in [0.29, 0.717) is 0 Å². The molecule has 1 aliphatic carbocycles. The average molecular weight is 743 g/mol. The van der Waals surface area contributed by atoms with Crippen molar-refractivity contribution in [1.82, 2.24) is 0 Å². The fourth-order valence-corrected chi connectivity index (χ4v) is 8.54. The van der Waals surface area contributed by atoms with Gasteiger partial charge < -0.3 is 0 Å². The van der Waals surface area contributed by atoms with Gasteiger partial charge in [0.25, 0.3) is 0 Å². The van der Waals surface area contributed by atoms with Crippen LogP contribution in [0.15, 0.2) is 81.7 Å². The van der Waals surface area contributed by atoms with Crippen LogP contribution in [0.1, 0.15) is 142 Å². The van der Waals surface area contributed by atoms with Gasteiger partial charge in [0, 0.05) is 8.95 Å². The lowest BCUT2D eigenvalue weighted by molar-refractivity contribution is 0.658. The molecule has 4 aromatic rings. The number of unbranched alkanes of at least 4 members (excludes halogenated alkanes) is 9. The molecule has 0 nitrogen and oxygen atoms in total. The van der Waals surface area contributed by atoms with Crippen molar-refractivity contribution >= 4 is 31.9 Å². The molecule has 0 heterocycles. The van der Waals surface area contributed by atoms with Crippen molar-refractivity contribution in [2.24, 2.45) is 0 Å². The lowest BCUT2D eigenvalue weighted by atomic mass is 9.66. The number of fused-ring (bicyclic) bond motifs is 3. The van der Waals surface area contributed by atoms with Crippen molar-refractivity contribution in [3.8, 4) is 11.1 Å². The zero-order valence-electron chi connectivity index (χ0n) is 28.8. The van der Waals surface area contributed by atoms with Crippen LogP contribution in [0.2, 0.25) is 0 Å². The standard InChI is InChI=1S/C44H54Br2/c1-5-8-11-14-17-33-24-32(4)25-36(27-33)44(42-30-38(45)20-22-40(42)41-23-21-39(46)31-43(41)44)37-28-34(18-15-12-9-6-2)26-35(29-37)19-16-13-10-7-3/h20-31H,5-19H2,1-4H3. The third-order valence-corrected chi connectivity index (χ3v) is 11.1. The summed E-state index contributed by atoms with van der Waals surface area (Å²) >= 11 is 7.83. The fourth-order valence-electron chi connectivity index (χ4n) is 7.82. The van der Waals surface area contributed by atoms with Crippen LogP contribution >= 0.6 is 31.9 Å². The number of aryl methyl sites for hydroxylation is 4. The number of hydrogen-bond donors (Lipinski definition) is 0. The van der Waals surface area contributed by atoms with Crippen molar-refractivity contribution in [2.75, 3.05) is 0 Å². The van der Waals surface area contributed by atoms with Crippen LogP contribution < -0.4 is 0 Å². The molecule has 1 aliphatic rings. The first kappa shape index (κ1) is 35.2. The summed E-state index contributed by atoms with van der Waals surface area (Å²) in [6.07, 6.45) is 18.9. The molecule has 0 unspecified atom stereocenters. The maximum absolute atomic E-state index is 3.92. The molecule has 0 bridgehead atoms. The molecule has 5 rings (SSSR count). The monoisotopic (exact) mass is 740 g/mol. The molecule has 0 amide bonds. The van der Waals surface area contributed by atoms with Crippen molar-refractivity contribution < 1.29 is 0 Å². The molecule has 0 fully saturated rings. The Hall–Kier alpha value is -2.16. The Morgan fingerprint density at radius 3 is 1.30 bits per heavy atom. The minimum atomic E-state index is -0.389. The minimum Gasteiger partial charge on any atom is -0.0654 e. The third-order valence-electron chi connectivity index (χ3n) is 10.1. The second kappa shape index (κ2) is 16.8. The third kappa shape index (κ3) is 7.92. The zero-order valence-corrected chi connectivity index (χ0v) is 32.0. The predicted octanol–water partition coefficient (Wildman–Crippen LogP) is 14.3. The van der Waals surface area contributed by atoms with Gasteiger partial charge in [-0.15, -0.1) is 0 Å². The van der Waals surface area contributed by atoms with E-state index in [9.17, 15) is 0 Å². The summed E-state index contributed by atoms with van der Waals surface area (Å²) in [5, 5.41) is 0. The van der Waals surface area contributed by atoms with Crippen LogP contribution in [0.5, 0.6) is 0 Å². The van der Waals surface area contributed by atoms with Gasteiger partial charge in [-0.2, -0.15) is 0 Å². The highest BCUT2D eigenvalue weighted by Gasteiger charge is 2.47.